The monoisotopic (exact) mass is 262 g/mol. The summed E-state index contributed by atoms with van der Waals surface area (Å²) in [5.74, 6) is -0.549. The van der Waals surface area contributed by atoms with Crippen LogP contribution in [-0.2, 0) is 14.3 Å². The van der Waals surface area contributed by atoms with Crippen LogP contribution in [0.4, 0.5) is 0 Å². The largest absolute Gasteiger partial charge is 0.362 e. The van der Waals surface area contributed by atoms with Gasteiger partial charge >= 0.3 is 0 Å². The molecule has 1 aromatic rings. The third-order valence-electron chi connectivity index (χ3n) is 3.25. The molecule has 5 heteroatoms. The Labute approximate surface area is 112 Å². The molecule has 1 saturated heterocycles. The van der Waals surface area contributed by atoms with Crippen molar-refractivity contribution in [3.8, 4) is 0 Å². The van der Waals surface area contributed by atoms with Gasteiger partial charge in [0.1, 0.15) is 13.2 Å². The Balaban J connectivity index is 2.12. The van der Waals surface area contributed by atoms with Crippen LogP contribution in [0.25, 0.3) is 0 Å². The Morgan fingerprint density at radius 3 is 2.32 bits per heavy atom. The highest BCUT2D eigenvalue weighted by Crippen LogP contribution is 2.16. The molecular formula is C14H18N2O3. The molecule has 1 aliphatic rings. The van der Waals surface area contributed by atoms with Crippen molar-refractivity contribution in [2.75, 3.05) is 26.8 Å². The van der Waals surface area contributed by atoms with E-state index in [1.54, 1.807) is 0 Å². The molecule has 1 fully saturated rings. The molecule has 0 spiro atoms. The molecule has 19 heavy (non-hydrogen) atoms. The van der Waals surface area contributed by atoms with Crippen molar-refractivity contribution in [2.24, 2.45) is 0 Å². The lowest BCUT2D eigenvalue weighted by Crippen LogP contribution is -2.49. The van der Waals surface area contributed by atoms with Crippen molar-refractivity contribution in [3.05, 3.63) is 35.4 Å². The summed E-state index contributed by atoms with van der Waals surface area (Å²) in [5.41, 5.74) is 2.23. The topological polar surface area (TPSA) is 58.6 Å². The zero-order chi connectivity index (χ0) is 13.8. The summed E-state index contributed by atoms with van der Waals surface area (Å²) in [6.07, 6.45) is 0. The number of amides is 2. The lowest BCUT2D eigenvalue weighted by atomic mass is 10.0. The van der Waals surface area contributed by atoms with E-state index < -0.39 is 0 Å². The smallest absolute Gasteiger partial charge is 0.255 e. The number of morpholine rings is 1. The first-order valence-corrected chi connectivity index (χ1v) is 6.26. The highest BCUT2D eigenvalue weighted by Gasteiger charge is 2.28. The first-order chi connectivity index (χ1) is 9.11. The fourth-order valence-electron chi connectivity index (χ4n) is 2.07. The molecule has 1 aliphatic heterocycles. The van der Waals surface area contributed by atoms with E-state index in [9.17, 15) is 9.59 Å². The van der Waals surface area contributed by atoms with Gasteiger partial charge in [0.2, 0.25) is 0 Å². The van der Waals surface area contributed by atoms with Crippen LogP contribution < -0.4 is 5.32 Å². The maximum atomic E-state index is 11.7. The first-order valence-electron chi connectivity index (χ1n) is 6.26. The van der Waals surface area contributed by atoms with Crippen LogP contribution in [0.5, 0.6) is 0 Å². The van der Waals surface area contributed by atoms with Gasteiger partial charge in [-0.15, -0.1) is 0 Å². The van der Waals surface area contributed by atoms with Gasteiger partial charge in [0.15, 0.2) is 0 Å². The summed E-state index contributed by atoms with van der Waals surface area (Å²) in [4.78, 5) is 24.7. The average molecular weight is 262 g/mol. The zero-order valence-electron chi connectivity index (χ0n) is 11.2. The maximum absolute atomic E-state index is 11.7. The summed E-state index contributed by atoms with van der Waals surface area (Å²) in [6, 6.07) is 7.98. The van der Waals surface area contributed by atoms with Gasteiger partial charge in [-0.25, -0.2) is 0 Å². The Bertz CT molecular complexity index is 454. The maximum Gasteiger partial charge on any atom is 0.255 e. The minimum atomic E-state index is -0.274. The minimum absolute atomic E-state index is 0.0178. The number of carbonyl (C=O) groups excluding carboxylic acids is 2. The summed E-state index contributed by atoms with van der Waals surface area (Å²) in [6.45, 7) is 2.32. The van der Waals surface area contributed by atoms with Crippen molar-refractivity contribution in [3.63, 3.8) is 0 Å². The Morgan fingerprint density at radius 2 is 1.79 bits per heavy atom. The van der Waals surface area contributed by atoms with Crippen LogP contribution in [0.3, 0.4) is 0 Å². The fraction of sp³-hybridized carbons (Fsp3) is 0.429. The van der Waals surface area contributed by atoms with Gasteiger partial charge in [0, 0.05) is 6.54 Å². The van der Waals surface area contributed by atoms with Crippen LogP contribution in [0, 0.1) is 6.92 Å². The van der Waals surface area contributed by atoms with Gasteiger partial charge < -0.3 is 10.1 Å². The average Bonchev–Trinajstić information content (AvgIpc) is 2.40. The van der Waals surface area contributed by atoms with Crippen molar-refractivity contribution < 1.29 is 14.3 Å². The van der Waals surface area contributed by atoms with Crippen molar-refractivity contribution >= 4 is 11.8 Å². The lowest BCUT2D eigenvalue weighted by Gasteiger charge is -2.29. The molecule has 0 aliphatic carbocycles. The minimum Gasteiger partial charge on any atom is -0.362 e. The molecule has 5 nitrogen and oxygen atoms in total. The zero-order valence-corrected chi connectivity index (χ0v) is 11.2. The molecule has 1 unspecified atom stereocenters. The molecule has 0 saturated carbocycles. The van der Waals surface area contributed by atoms with Gasteiger partial charge in [-0.3, -0.25) is 14.5 Å². The fourth-order valence-corrected chi connectivity index (χ4v) is 2.07. The normalized spacial score (nSPS) is 17.7. The van der Waals surface area contributed by atoms with Gasteiger partial charge in [-0.05, 0) is 19.5 Å². The molecule has 1 aromatic carbocycles. The third kappa shape index (κ3) is 3.19. The van der Waals surface area contributed by atoms with Gasteiger partial charge in [0.25, 0.3) is 11.8 Å². The number of hydrogen-bond acceptors (Lipinski definition) is 4. The molecule has 2 amide bonds. The van der Waals surface area contributed by atoms with E-state index in [2.05, 4.69) is 5.32 Å². The lowest BCUT2D eigenvalue weighted by molar-refractivity contribution is -0.158. The third-order valence-corrected chi connectivity index (χ3v) is 3.25. The summed E-state index contributed by atoms with van der Waals surface area (Å²) < 4.78 is 4.90. The number of benzene rings is 1. The van der Waals surface area contributed by atoms with Crippen molar-refractivity contribution in [2.45, 2.75) is 13.0 Å². The number of carbonyl (C=O) groups is 2. The van der Waals surface area contributed by atoms with Crippen LogP contribution in [0.15, 0.2) is 24.3 Å². The quantitative estimate of drug-likeness (QED) is 0.809. The van der Waals surface area contributed by atoms with Crippen LogP contribution >= 0.6 is 0 Å². The number of nitrogens with one attached hydrogen (secondary N) is 1. The van der Waals surface area contributed by atoms with Gasteiger partial charge in [-0.1, -0.05) is 29.8 Å². The summed E-state index contributed by atoms with van der Waals surface area (Å²) in [7, 11) is 1.82. The molecule has 1 atom stereocenters. The van der Waals surface area contributed by atoms with Crippen LogP contribution in [0.1, 0.15) is 17.2 Å². The summed E-state index contributed by atoms with van der Waals surface area (Å²) >= 11 is 0. The summed E-state index contributed by atoms with van der Waals surface area (Å²) in [5, 5.41) is 3.14. The molecule has 2 rings (SSSR count). The van der Waals surface area contributed by atoms with E-state index in [1.165, 1.54) is 10.5 Å². The molecule has 1 heterocycles. The number of ether oxygens (including phenoxy) is 1. The molecule has 1 N–H and O–H groups in total. The number of nitrogens with zero attached hydrogens (tertiary/aromatic N) is 1. The van der Waals surface area contributed by atoms with E-state index in [4.69, 9.17) is 4.74 Å². The number of hydrogen-bond donors (Lipinski definition) is 1. The molecule has 0 bridgehead atoms. The van der Waals surface area contributed by atoms with Crippen LogP contribution in [-0.4, -0.2) is 43.5 Å². The van der Waals surface area contributed by atoms with E-state index in [0.717, 1.165) is 5.56 Å². The van der Waals surface area contributed by atoms with E-state index in [1.807, 2.05) is 38.2 Å². The number of imide groups is 1. The van der Waals surface area contributed by atoms with Crippen molar-refractivity contribution in [1.82, 2.24) is 10.2 Å². The SMILES string of the molecule is CNC(CN1C(=O)COCC1=O)c1ccc(C)cc1. The molecule has 0 radical (unpaired) electrons. The Morgan fingerprint density at radius 1 is 1.21 bits per heavy atom. The number of aryl methyl sites for hydroxylation is 1. The Hall–Kier alpha value is -1.72. The highest BCUT2D eigenvalue weighted by atomic mass is 16.5. The second-order valence-electron chi connectivity index (χ2n) is 4.64. The predicted molar refractivity (Wildman–Crippen MR) is 70.5 cm³/mol. The molecule has 0 aromatic heterocycles. The second-order valence-corrected chi connectivity index (χ2v) is 4.64. The standard InChI is InChI=1S/C14H18N2O3/c1-10-3-5-11(6-4-10)12(15-2)7-16-13(17)8-19-9-14(16)18/h3-6,12,15H,7-9H2,1-2H3. The van der Waals surface area contributed by atoms with E-state index in [0.29, 0.717) is 6.54 Å². The molecule has 102 valence electrons. The van der Waals surface area contributed by atoms with Gasteiger partial charge in [0.05, 0.1) is 6.04 Å². The number of rotatable bonds is 4. The van der Waals surface area contributed by atoms with E-state index >= 15 is 0 Å². The van der Waals surface area contributed by atoms with E-state index in [-0.39, 0.29) is 31.1 Å². The van der Waals surface area contributed by atoms with Crippen molar-refractivity contribution in [1.29, 1.82) is 0 Å². The Kier molecular flexibility index (Phi) is 4.29. The predicted octanol–water partition coefficient (Wildman–Crippen LogP) is 0.641. The highest BCUT2D eigenvalue weighted by molar-refractivity contribution is 5.98. The molecular weight excluding hydrogens is 244 g/mol. The van der Waals surface area contributed by atoms with Gasteiger partial charge in [-0.2, -0.15) is 0 Å². The number of likely N-dealkylation sites (N-methyl/N-ethyl adjacent to an activating group) is 1. The second kappa shape index (κ2) is 5.95. The van der Waals surface area contributed by atoms with Crippen LogP contribution in [0.2, 0.25) is 0 Å². The first kappa shape index (κ1) is 13.7.